The van der Waals surface area contributed by atoms with Gasteiger partial charge in [-0.2, -0.15) is 8.61 Å². The number of hydrogen-bond donors (Lipinski definition) is 0. The Morgan fingerprint density at radius 2 is 0.865 bits per heavy atom. The van der Waals surface area contributed by atoms with Gasteiger partial charge in [0.15, 0.2) is 0 Å². The summed E-state index contributed by atoms with van der Waals surface area (Å²) < 4.78 is 55.7. The van der Waals surface area contributed by atoms with Crippen LogP contribution in [-0.4, -0.2) is 49.0 Å². The van der Waals surface area contributed by atoms with Crippen LogP contribution in [0.1, 0.15) is 59.8 Å². The molecule has 4 aliphatic rings. The van der Waals surface area contributed by atoms with E-state index in [1.807, 2.05) is 72.8 Å². The van der Waals surface area contributed by atoms with Crippen molar-refractivity contribution in [1.29, 1.82) is 0 Å². The van der Waals surface area contributed by atoms with Crippen molar-refractivity contribution in [2.75, 3.05) is 13.1 Å². The number of rotatable bonds is 6. The number of halogens is 2. The maximum atomic E-state index is 13.1. The van der Waals surface area contributed by atoms with Crippen molar-refractivity contribution in [3.8, 4) is 0 Å². The first kappa shape index (κ1) is 37.1. The molecule has 2 aliphatic heterocycles. The van der Waals surface area contributed by atoms with Crippen LogP contribution in [0.4, 0.5) is 0 Å². The molecular formula is C42H44Cl2N2O4S2. The van der Waals surface area contributed by atoms with Gasteiger partial charge in [0, 0.05) is 48.1 Å². The molecule has 8 rings (SSSR count). The molecule has 2 fully saturated rings. The lowest BCUT2D eigenvalue weighted by Crippen LogP contribution is -2.48. The number of benzene rings is 4. The zero-order valence-electron chi connectivity index (χ0n) is 28.9. The van der Waals surface area contributed by atoms with E-state index >= 15 is 0 Å². The Labute approximate surface area is 318 Å². The Morgan fingerprint density at radius 3 is 1.23 bits per heavy atom. The molecule has 52 heavy (non-hydrogen) atoms. The summed E-state index contributed by atoms with van der Waals surface area (Å²) in [4.78, 5) is 0. The monoisotopic (exact) mass is 774 g/mol. The van der Waals surface area contributed by atoms with Gasteiger partial charge in [-0.3, -0.25) is 0 Å². The molecule has 0 N–H and O–H groups in total. The van der Waals surface area contributed by atoms with E-state index in [2.05, 4.69) is 36.4 Å². The standard InChI is InChI=1S/2C21H22ClNO2S/c2*22-20-9-6-16(7-10-20)15-23-13-12-19-14-18(17-4-2-1-3-5-17)8-11-21(19)26(23,24)25/h2*1-11,18-19,21H,12-15H2/t2*18-,19-,21+/m10/s1. The average molecular weight is 776 g/mol. The van der Waals surface area contributed by atoms with Crippen LogP contribution >= 0.6 is 23.2 Å². The Balaban J connectivity index is 0.000000162. The zero-order chi connectivity index (χ0) is 36.3. The van der Waals surface area contributed by atoms with Gasteiger partial charge in [0.1, 0.15) is 0 Å². The Morgan fingerprint density at radius 1 is 0.500 bits per heavy atom. The first-order valence-electron chi connectivity index (χ1n) is 18.0. The number of fused-ring (bicyclic) bond motifs is 2. The average Bonchev–Trinajstić information content (AvgIpc) is 3.16. The van der Waals surface area contributed by atoms with Gasteiger partial charge in [0.05, 0.1) is 10.5 Å². The van der Waals surface area contributed by atoms with Crippen LogP contribution in [0.25, 0.3) is 0 Å². The van der Waals surface area contributed by atoms with E-state index in [4.69, 9.17) is 23.2 Å². The van der Waals surface area contributed by atoms with Crippen molar-refractivity contribution in [2.24, 2.45) is 11.8 Å². The first-order chi connectivity index (χ1) is 25.1. The van der Waals surface area contributed by atoms with E-state index in [0.717, 1.165) is 36.8 Å². The van der Waals surface area contributed by atoms with E-state index in [1.54, 1.807) is 32.9 Å². The summed E-state index contributed by atoms with van der Waals surface area (Å²) in [6.45, 7) is 2.00. The summed E-state index contributed by atoms with van der Waals surface area (Å²) in [7, 11) is -6.65. The minimum absolute atomic E-state index is 0.191. The van der Waals surface area contributed by atoms with Crippen LogP contribution in [-0.2, 0) is 33.1 Å². The molecular weight excluding hydrogens is 732 g/mol. The largest absolute Gasteiger partial charge is 0.221 e. The Hall–Kier alpha value is -3.24. The van der Waals surface area contributed by atoms with Crippen molar-refractivity contribution >= 4 is 43.2 Å². The van der Waals surface area contributed by atoms with Crippen LogP contribution in [0.5, 0.6) is 0 Å². The third kappa shape index (κ3) is 8.28. The van der Waals surface area contributed by atoms with Crippen molar-refractivity contribution < 1.29 is 16.8 Å². The van der Waals surface area contributed by atoms with Gasteiger partial charge in [-0.1, -0.05) is 132 Å². The normalized spacial score (nSPS) is 27.8. The molecule has 0 radical (unpaired) electrons. The summed E-state index contributed by atoms with van der Waals surface area (Å²) in [5, 5.41) is 0.530. The molecule has 0 unspecified atom stereocenters. The second-order valence-corrected chi connectivity index (χ2v) is 19.4. The lowest BCUT2D eigenvalue weighted by molar-refractivity contribution is 0.295. The highest BCUT2D eigenvalue weighted by molar-refractivity contribution is 7.90. The molecule has 0 saturated carbocycles. The van der Waals surface area contributed by atoms with Crippen LogP contribution < -0.4 is 0 Å². The lowest BCUT2D eigenvalue weighted by Gasteiger charge is -2.40. The number of allylic oxidation sites excluding steroid dienone is 2. The van der Waals surface area contributed by atoms with E-state index in [9.17, 15) is 16.8 Å². The summed E-state index contributed by atoms with van der Waals surface area (Å²) >= 11 is 11.8. The predicted molar refractivity (Wildman–Crippen MR) is 211 cm³/mol. The van der Waals surface area contributed by atoms with Crippen molar-refractivity contribution in [3.05, 3.63) is 166 Å². The molecule has 2 saturated heterocycles. The van der Waals surface area contributed by atoms with Gasteiger partial charge in [0.2, 0.25) is 20.0 Å². The second kappa shape index (κ2) is 16.0. The van der Waals surface area contributed by atoms with Gasteiger partial charge in [-0.05, 0) is 84.0 Å². The van der Waals surface area contributed by atoms with Crippen LogP contribution in [0, 0.1) is 11.8 Å². The maximum absolute atomic E-state index is 13.1. The van der Waals surface area contributed by atoms with E-state index in [-0.39, 0.29) is 11.8 Å². The molecule has 6 atom stereocenters. The highest BCUT2D eigenvalue weighted by Gasteiger charge is 2.44. The first-order valence-corrected chi connectivity index (χ1v) is 21.8. The third-order valence-electron chi connectivity index (χ3n) is 11.0. The van der Waals surface area contributed by atoms with Gasteiger partial charge in [0.25, 0.3) is 0 Å². The van der Waals surface area contributed by atoms with E-state index < -0.39 is 30.5 Å². The molecule has 272 valence electrons. The minimum atomic E-state index is -3.32. The van der Waals surface area contributed by atoms with Gasteiger partial charge in [-0.15, -0.1) is 0 Å². The molecule has 4 aromatic carbocycles. The number of nitrogens with zero attached hydrogens (tertiary/aromatic N) is 2. The van der Waals surface area contributed by atoms with E-state index in [1.165, 1.54) is 11.1 Å². The third-order valence-corrected chi connectivity index (χ3v) is 16.0. The van der Waals surface area contributed by atoms with Crippen molar-refractivity contribution in [2.45, 2.75) is 61.1 Å². The summed E-state index contributed by atoms with van der Waals surface area (Å²) in [6, 6.07) is 35.5. The quantitative estimate of drug-likeness (QED) is 0.183. The van der Waals surface area contributed by atoms with Gasteiger partial charge in [-0.25, -0.2) is 16.8 Å². The molecule has 6 nitrogen and oxygen atoms in total. The SMILES string of the molecule is O=S1(=O)[C@@H]2C=C[C@H](c3ccccc3)C[C@@H]2CCN1Cc1ccc(Cl)cc1.O=S1(=O)[C@H]2C=C[C@@H](c3ccccc3)C[C@H]2CCN1Cc1ccc(Cl)cc1. The lowest BCUT2D eigenvalue weighted by atomic mass is 9.81. The minimum Gasteiger partial charge on any atom is -0.212 e. The topological polar surface area (TPSA) is 74.8 Å². The maximum Gasteiger partial charge on any atom is 0.221 e. The summed E-state index contributed by atoms with van der Waals surface area (Å²) in [5.74, 6) is 1.01. The Bertz CT molecular complexity index is 1940. The van der Waals surface area contributed by atoms with Gasteiger partial charge < -0.3 is 0 Å². The summed E-state index contributed by atoms with van der Waals surface area (Å²) in [6.07, 6.45) is 11.6. The second-order valence-electron chi connectivity index (χ2n) is 14.3. The van der Waals surface area contributed by atoms with Crippen molar-refractivity contribution in [1.82, 2.24) is 8.61 Å². The molecule has 2 aliphatic carbocycles. The predicted octanol–water partition coefficient (Wildman–Crippen LogP) is 9.21. The zero-order valence-corrected chi connectivity index (χ0v) is 32.1. The molecule has 0 amide bonds. The smallest absolute Gasteiger partial charge is 0.212 e. The molecule has 0 spiro atoms. The fourth-order valence-electron chi connectivity index (χ4n) is 8.17. The Kier molecular flexibility index (Phi) is 11.4. The molecule has 10 heteroatoms. The number of sulfonamides is 2. The summed E-state index contributed by atoms with van der Waals surface area (Å²) in [5.41, 5.74) is 4.48. The molecule has 2 heterocycles. The number of hydrogen-bond acceptors (Lipinski definition) is 4. The molecule has 4 aromatic rings. The molecule has 0 aromatic heterocycles. The highest BCUT2D eigenvalue weighted by atomic mass is 35.5. The fraction of sp³-hybridized carbons (Fsp3) is 0.333. The van der Waals surface area contributed by atoms with Crippen LogP contribution in [0.15, 0.2) is 133 Å². The molecule has 0 bridgehead atoms. The van der Waals surface area contributed by atoms with Crippen LogP contribution in [0.2, 0.25) is 10.0 Å². The highest BCUT2D eigenvalue weighted by Crippen LogP contribution is 2.41. The van der Waals surface area contributed by atoms with Crippen molar-refractivity contribution in [3.63, 3.8) is 0 Å². The fourth-order valence-corrected chi connectivity index (χ4v) is 12.5. The van der Waals surface area contributed by atoms with E-state index in [0.29, 0.717) is 48.1 Å². The van der Waals surface area contributed by atoms with Crippen LogP contribution in [0.3, 0.4) is 0 Å². The van der Waals surface area contributed by atoms with Gasteiger partial charge >= 0.3 is 0 Å².